The molecule has 0 unspecified atom stereocenters. The number of methoxy groups -OCH3 is 1. The highest BCUT2D eigenvalue weighted by Crippen LogP contribution is 2.23. The van der Waals surface area contributed by atoms with Crippen molar-refractivity contribution in [1.29, 1.82) is 0 Å². The molecule has 0 fully saturated rings. The van der Waals surface area contributed by atoms with Crippen LogP contribution in [-0.4, -0.2) is 37.8 Å². The maximum absolute atomic E-state index is 13.2. The Morgan fingerprint density at radius 2 is 2.08 bits per heavy atom. The summed E-state index contributed by atoms with van der Waals surface area (Å²) in [5.41, 5.74) is 1.13. The van der Waals surface area contributed by atoms with Crippen molar-refractivity contribution in [2.75, 3.05) is 26.9 Å². The number of fused-ring (bicyclic) bond motifs is 1. The van der Waals surface area contributed by atoms with E-state index in [2.05, 4.69) is 10.3 Å². The number of halogens is 1. The largest absolute Gasteiger partial charge is 0.490 e. The maximum atomic E-state index is 13.2. The third kappa shape index (κ3) is 4.56. The van der Waals surface area contributed by atoms with Gasteiger partial charge in [-0.05, 0) is 24.3 Å². The van der Waals surface area contributed by atoms with E-state index in [1.165, 1.54) is 23.5 Å². The van der Waals surface area contributed by atoms with Gasteiger partial charge >= 0.3 is 0 Å². The number of hydrogen-bond acceptors (Lipinski definition) is 5. The van der Waals surface area contributed by atoms with Gasteiger partial charge in [0, 0.05) is 26.1 Å². The monoisotopic (exact) mass is 374 g/mol. The second kappa shape index (κ2) is 8.73. The van der Waals surface area contributed by atoms with E-state index in [0.717, 1.165) is 9.71 Å². The summed E-state index contributed by atoms with van der Waals surface area (Å²) in [6.07, 6.45) is 0.583. The Morgan fingerprint density at radius 1 is 1.23 bits per heavy atom. The van der Waals surface area contributed by atoms with Gasteiger partial charge in [-0.3, -0.25) is 4.79 Å². The minimum atomic E-state index is -0.298. The van der Waals surface area contributed by atoms with Crippen LogP contribution >= 0.6 is 11.3 Å². The molecule has 26 heavy (non-hydrogen) atoms. The Hall–Kier alpha value is -2.51. The highest BCUT2D eigenvalue weighted by Gasteiger charge is 2.12. The molecule has 0 aliphatic heterocycles. The molecule has 1 N–H and O–H groups in total. The van der Waals surface area contributed by atoms with Gasteiger partial charge in [-0.25, -0.2) is 9.37 Å². The number of para-hydroxylation sites is 1. The van der Waals surface area contributed by atoms with Crippen molar-refractivity contribution in [3.63, 3.8) is 0 Å². The van der Waals surface area contributed by atoms with Crippen LogP contribution in [-0.2, 0) is 11.2 Å². The van der Waals surface area contributed by atoms with Gasteiger partial charge in [-0.2, -0.15) is 0 Å². The van der Waals surface area contributed by atoms with Crippen LogP contribution in [0.15, 0.2) is 42.5 Å². The van der Waals surface area contributed by atoms with Crippen molar-refractivity contribution >= 4 is 27.5 Å². The highest BCUT2D eigenvalue weighted by atomic mass is 32.1. The van der Waals surface area contributed by atoms with Gasteiger partial charge in [0.25, 0.3) is 5.91 Å². The molecule has 3 aromatic rings. The van der Waals surface area contributed by atoms with E-state index >= 15 is 0 Å². The summed E-state index contributed by atoms with van der Waals surface area (Å²) in [6.45, 7) is 1.27. The highest BCUT2D eigenvalue weighted by molar-refractivity contribution is 7.18. The molecule has 0 aliphatic carbocycles. The lowest BCUT2D eigenvalue weighted by atomic mass is 10.2. The van der Waals surface area contributed by atoms with Gasteiger partial charge in [0.05, 0.1) is 27.4 Å². The molecule has 0 bridgehead atoms. The molecular weight excluding hydrogens is 355 g/mol. The van der Waals surface area contributed by atoms with E-state index < -0.39 is 0 Å². The molecule has 1 amide bonds. The smallest absolute Gasteiger partial charge is 0.255 e. The number of carbonyl (C=O) groups excluding carboxylic acids is 1. The molecule has 1 heterocycles. The SMILES string of the molecule is COCCOc1ccccc1C(=O)NCCc1nc2cc(F)ccc2s1. The van der Waals surface area contributed by atoms with Gasteiger partial charge in [0.15, 0.2) is 0 Å². The Balaban J connectivity index is 1.58. The number of rotatable bonds is 8. The molecule has 1 aromatic heterocycles. The van der Waals surface area contributed by atoms with Crippen LogP contribution in [0.1, 0.15) is 15.4 Å². The summed E-state index contributed by atoms with van der Waals surface area (Å²) in [6, 6.07) is 11.6. The van der Waals surface area contributed by atoms with Gasteiger partial charge in [0.2, 0.25) is 0 Å². The predicted octanol–water partition coefficient (Wildman–Crippen LogP) is 3.43. The number of hydrogen-bond donors (Lipinski definition) is 1. The molecule has 7 heteroatoms. The molecule has 2 aromatic carbocycles. The molecule has 0 radical (unpaired) electrons. The molecule has 0 spiro atoms. The van der Waals surface area contributed by atoms with Gasteiger partial charge in [0.1, 0.15) is 18.2 Å². The number of carbonyl (C=O) groups is 1. The number of nitrogens with zero attached hydrogens (tertiary/aromatic N) is 1. The third-order valence-electron chi connectivity index (χ3n) is 3.70. The zero-order chi connectivity index (χ0) is 18.4. The summed E-state index contributed by atoms with van der Waals surface area (Å²) < 4.78 is 24.7. The maximum Gasteiger partial charge on any atom is 0.255 e. The quantitative estimate of drug-likeness (QED) is 0.614. The molecule has 0 atom stereocenters. The molecule has 0 saturated heterocycles. The number of benzene rings is 2. The Labute approximate surface area is 154 Å². The first-order valence-corrected chi connectivity index (χ1v) is 9.03. The van der Waals surface area contributed by atoms with E-state index in [9.17, 15) is 9.18 Å². The van der Waals surface area contributed by atoms with Gasteiger partial charge in [-0.1, -0.05) is 12.1 Å². The summed E-state index contributed by atoms with van der Waals surface area (Å²) in [5, 5.41) is 3.73. The van der Waals surface area contributed by atoms with Crippen LogP contribution in [0.5, 0.6) is 5.75 Å². The number of amides is 1. The van der Waals surface area contributed by atoms with Gasteiger partial charge in [-0.15, -0.1) is 11.3 Å². The summed E-state index contributed by atoms with van der Waals surface area (Å²) >= 11 is 1.50. The van der Waals surface area contributed by atoms with E-state index in [1.54, 1.807) is 31.4 Å². The standard InChI is InChI=1S/C19H19FN2O3S/c1-24-10-11-25-16-5-3-2-4-14(16)19(23)21-9-8-18-22-15-12-13(20)6-7-17(15)26-18/h2-7,12H,8-11H2,1H3,(H,21,23). The first kappa shape index (κ1) is 18.3. The molecule has 136 valence electrons. The van der Waals surface area contributed by atoms with Crippen LogP contribution in [0.25, 0.3) is 10.2 Å². The summed E-state index contributed by atoms with van der Waals surface area (Å²) in [7, 11) is 1.60. The van der Waals surface area contributed by atoms with Crippen LogP contribution in [0.3, 0.4) is 0 Å². The van der Waals surface area contributed by atoms with Crippen molar-refractivity contribution in [2.24, 2.45) is 0 Å². The zero-order valence-corrected chi connectivity index (χ0v) is 15.1. The Bertz CT molecular complexity index is 897. The number of aromatic nitrogens is 1. The van der Waals surface area contributed by atoms with E-state index in [1.807, 2.05) is 6.07 Å². The fourth-order valence-corrected chi connectivity index (χ4v) is 3.40. The van der Waals surface area contributed by atoms with Crippen molar-refractivity contribution in [3.05, 3.63) is 58.9 Å². The molecule has 0 aliphatic rings. The predicted molar refractivity (Wildman–Crippen MR) is 99.4 cm³/mol. The lowest BCUT2D eigenvalue weighted by molar-refractivity contribution is 0.0946. The van der Waals surface area contributed by atoms with E-state index in [-0.39, 0.29) is 11.7 Å². The summed E-state index contributed by atoms with van der Waals surface area (Å²) in [5.74, 6) is 0.0235. The van der Waals surface area contributed by atoms with Crippen molar-refractivity contribution in [1.82, 2.24) is 10.3 Å². The zero-order valence-electron chi connectivity index (χ0n) is 14.3. The van der Waals surface area contributed by atoms with E-state index in [4.69, 9.17) is 9.47 Å². The number of thiazole rings is 1. The fourth-order valence-electron chi connectivity index (χ4n) is 2.45. The second-order valence-electron chi connectivity index (χ2n) is 5.56. The molecule has 3 rings (SSSR count). The van der Waals surface area contributed by atoms with Crippen molar-refractivity contribution in [2.45, 2.75) is 6.42 Å². The van der Waals surface area contributed by atoms with Crippen molar-refractivity contribution in [3.8, 4) is 5.75 Å². The van der Waals surface area contributed by atoms with Crippen LogP contribution in [0.2, 0.25) is 0 Å². The normalized spacial score (nSPS) is 10.8. The van der Waals surface area contributed by atoms with Gasteiger partial charge < -0.3 is 14.8 Å². The Morgan fingerprint density at radius 3 is 2.92 bits per heavy atom. The average Bonchev–Trinajstić information content (AvgIpc) is 3.04. The minimum absolute atomic E-state index is 0.204. The molecular formula is C19H19FN2O3S. The van der Waals surface area contributed by atoms with Crippen LogP contribution in [0, 0.1) is 5.82 Å². The van der Waals surface area contributed by atoms with E-state index in [0.29, 0.717) is 43.0 Å². The Kier molecular flexibility index (Phi) is 6.14. The fraction of sp³-hybridized carbons (Fsp3) is 0.263. The molecule has 5 nitrogen and oxygen atoms in total. The number of nitrogens with one attached hydrogen (secondary N) is 1. The first-order valence-electron chi connectivity index (χ1n) is 8.21. The average molecular weight is 374 g/mol. The lowest BCUT2D eigenvalue weighted by Gasteiger charge is -2.11. The second-order valence-corrected chi connectivity index (χ2v) is 6.68. The lowest BCUT2D eigenvalue weighted by Crippen LogP contribution is -2.26. The minimum Gasteiger partial charge on any atom is -0.490 e. The third-order valence-corrected chi connectivity index (χ3v) is 4.79. The molecule has 0 saturated carbocycles. The topological polar surface area (TPSA) is 60.5 Å². The van der Waals surface area contributed by atoms with Crippen LogP contribution in [0.4, 0.5) is 4.39 Å². The van der Waals surface area contributed by atoms with Crippen molar-refractivity contribution < 1.29 is 18.7 Å². The van der Waals surface area contributed by atoms with Crippen LogP contribution < -0.4 is 10.1 Å². The summed E-state index contributed by atoms with van der Waals surface area (Å²) in [4.78, 5) is 16.8. The number of ether oxygens (including phenoxy) is 2. The first-order chi connectivity index (χ1) is 12.7.